The van der Waals surface area contributed by atoms with Crippen LogP contribution in [0.3, 0.4) is 0 Å². The molecule has 0 saturated heterocycles. The normalized spacial score (nSPS) is 41.0. The van der Waals surface area contributed by atoms with Crippen molar-refractivity contribution in [3.8, 4) is 0 Å². The number of phosphoric acid groups is 1. The van der Waals surface area contributed by atoms with E-state index in [0.29, 0.717) is 0 Å². The first kappa shape index (κ1) is 14.0. The van der Waals surface area contributed by atoms with Gasteiger partial charge in [-0.2, -0.15) is 0 Å². The Morgan fingerprint density at radius 2 is 1.62 bits per heavy atom. The summed E-state index contributed by atoms with van der Waals surface area (Å²) in [7, 11) is -4.65. The van der Waals surface area contributed by atoms with Crippen LogP contribution in [-0.4, -0.2) is 61.2 Å². The Bertz CT molecular complexity index is 278. The van der Waals surface area contributed by atoms with Crippen LogP contribution in [0.4, 0.5) is 0 Å². The van der Waals surface area contributed by atoms with Gasteiger partial charge in [-0.25, -0.2) is 4.57 Å². The lowest BCUT2D eigenvalue weighted by molar-refractivity contribution is -0.162. The predicted octanol–water partition coefficient (Wildman–Crippen LogP) is -2.44. The van der Waals surface area contributed by atoms with E-state index in [0.717, 1.165) is 0 Å². The molecule has 0 radical (unpaired) electrons. The monoisotopic (exact) mass is 258 g/mol. The molecular formula is C7H15O8P. The third kappa shape index (κ3) is 3.47. The molecule has 9 heteroatoms. The van der Waals surface area contributed by atoms with Gasteiger partial charge in [-0.15, -0.1) is 0 Å². The zero-order valence-corrected chi connectivity index (χ0v) is 9.14. The van der Waals surface area contributed by atoms with Crippen molar-refractivity contribution >= 4 is 7.82 Å². The van der Waals surface area contributed by atoms with E-state index >= 15 is 0 Å². The molecular weight excluding hydrogens is 243 g/mol. The highest BCUT2D eigenvalue weighted by atomic mass is 31.2. The Kier molecular flexibility index (Phi) is 4.44. The van der Waals surface area contributed by atoms with Gasteiger partial charge in [0.05, 0.1) is 18.8 Å². The van der Waals surface area contributed by atoms with Crippen molar-refractivity contribution in [3.63, 3.8) is 0 Å². The van der Waals surface area contributed by atoms with Crippen molar-refractivity contribution in [2.75, 3.05) is 6.61 Å². The van der Waals surface area contributed by atoms with Crippen LogP contribution in [0.5, 0.6) is 0 Å². The second-order valence-corrected chi connectivity index (χ2v) is 5.06. The van der Waals surface area contributed by atoms with Crippen molar-refractivity contribution in [1.82, 2.24) is 0 Å². The minimum atomic E-state index is -4.65. The quantitative estimate of drug-likeness (QED) is 0.306. The summed E-state index contributed by atoms with van der Waals surface area (Å²) in [5, 5.41) is 37.3. The van der Waals surface area contributed by atoms with Gasteiger partial charge >= 0.3 is 7.82 Å². The van der Waals surface area contributed by atoms with Crippen LogP contribution >= 0.6 is 7.82 Å². The maximum atomic E-state index is 10.4. The topological polar surface area (TPSA) is 148 Å². The largest absolute Gasteiger partial charge is 0.469 e. The molecule has 1 aliphatic rings. The number of hydrogen-bond acceptors (Lipinski definition) is 6. The average molecular weight is 258 g/mol. The minimum Gasteiger partial charge on any atom is -0.390 e. The molecule has 1 rings (SSSR count). The summed E-state index contributed by atoms with van der Waals surface area (Å²) in [4.78, 5) is 16.9. The molecule has 0 unspecified atom stereocenters. The molecule has 8 nitrogen and oxygen atoms in total. The molecule has 0 bridgehead atoms. The molecule has 6 N–H and O–H groups in total. The highest BCUT2D eigenvalue weighted by molar-refractivity contribution is 7.46. The van der Waals surface area contributed by atoms with Crippen molar-refractivity contribution in [1.29, 1.82) is 0 Å². The van der Waals surface area contributed by atoms with Gasteiger partial charge in [0.15, 0.2) is 0 Å². The molecule has 1 aliphatic carbocycles. The number of phosphoric ester groups is 1. The molecule has 0 amide bonds. The molecule has 0 aliphatic heterocycles. The lowest BCUT2D eigenvalue weighted by atomic mass is 9.81. The third-order valence-corrected chi connectivity index (χ3v) is 3.06. The van der Waals surface area contributed by atoms with E-state index in [1.54, 1.807) is 0 Å². The maximum Gasteiger partial charge on any atom is 0.469 e. The molecule has 96 valence electrons. The Labute approximate surface area is 91.4 Å². The summed E-state index contributed by atoms with van der Waals surface area (Å²) in [5.74, 6) is -0.846. The molecule has 0 aromatic heterocycles. The van der Waals surface area contributed by atoms with E-state index in [2.05, 4.69) is 4.52 Å². The molecule has 0 aromatic rings. The number of aliphatic hydroxyl groups is 4. The molecule has 16 heavy (non-hydrogen) atoms. The second-order valence-electron chi connectivity index (χ2n) is 3.82. The first-order valence-corrected chi connectivity index (χ1v) is 6.17. The third-order valence-electron chi connectivity index (χ3n) is 2.58. The van der Waals surface area contributed by atoms with E-state index in [1.165, 1.54) is 0 Å². The molecule has 0 aromatic carbocycles. The van der Waals surface area contributed by atoms with Gasteiger partial charge in [-0.05, 0) is 6.42 Å². The lowest BCUT2D eigenvalue weighted by Gasteiger charge is -2.38. The van der Waals surface area contributed by atoms with Crippen molar-refractivity contribution in [2.24, 2.45) is 5.92 Å². The smallest absolute Gasteiger partial charge is 0.390 e. The Hall–Kier alpha value is -0.0500. The van der Waals surface area contributed by atoms with E-state index in [1.807, 2.05) is 0 Å². The summed E-state index contributed by atoms with van der Waals surface area (Å²) in [6.45, 7) is -0.508. The summed E-state index contributed by atoms with van der Waals surface area (Å²) < 4.78 is 14.6. The van der Waals surface area contributed by atoms with Crippen LogP contribution < -0.4 is 0 Å². The van der Waals surface area contributed by atoms with Gasteiger partial charge in [0, 0.05) is 5.92 Å². The fourth-order valence-electron chi connectivity index (χ4n) is 1.66. The van der Waals surface area contributed by atoms with Gasteiger partial charge in [0.2, 0.25) is 0 Å². The van der Waals surface area contributed by atoms with Crippen LogP contribution in [0.25, 0.3) is 0 Å². The number of hydrogen-bond donors (Lipinski definition) is 6. The van der Waals surface area contributed by atoms with E-state index in [9.17, 15) is 25.0 Å². The summed E-state index contributed by atoms with van der Waals surface area (Å²) in [6.07, 6.45) is -5.80. The van der Waals surface area contributed by atoms with E-state index < -0.39 is 44.8 Å². The zero-order valence-electron chi connectivity index (χ0n) is 8.25. The van der Waals surface area contributed by atoms with Gasteiger partial charge in [0.25, 0.3) is 0 Å². The van der Waals surface area contributed by atoms with Gasteiger partial charge in [-0.3, -0.25) is 4.52 Å². The summed E-state index contributed by atoms with van der Waals surface area (Å²) in [5.41, 5.74) is 0. The molecule has 0 spiro atoms. The van der Waals surface area contributed by atoms with Crippen LogP contribution in [0.1, 0.15) is 6.42 Å². The highest BCUT2D eigenvalue weighted by Gasteiger charge is 2.42. The number of rotatable bonds is 3. The maximum absolute atomic E-state index is 10.4. The molecule has 1 saturated carbocycles. The first-order chi connectivity index (χ1) is 7.22. The van der Waals surface area contributed by atoms with Crippen LogP contribution in [-0.2, 0) is 9.09 Å². The number of aliphatic hydroxyl groups excluding tert-OH is 4. The van der Waals surface area contributed by atoms with Crippen molar-refractivity contribution < 1.29 is 39.3 Å². The molecule has 0 heterocycles. The molecule has 5 atom stereocenters. The highest BCUT2D eigenvalue weighted by Crippen LogP contribution is 2.38. The fraction of sp³-hybridized carbons (Fsp3) is 1.00. The average Bonchev–Trinajstić information content (AvgIpc) is 2.17. The Balaban J connectivity index is 2.57. The van der Waals surface area contributed by atoms with Crippen LogP contribution in [0.2, 0.25) is 0 Å². The SMILES string of the molecule is O=P(O)(O)OC[C@H]1C[C@H](O)[C@H](O)[C@@H](O)[C@@H]1O. The fourth-order valence-corrected chi connectivity index (χ4v) is 2.04. The predicted molar refractivity (Wildman–Crippen MR) is 50.1 cm³/mol. The van der Waals surface area contributed by atoms with Gasteiger partial charge in [-0.1, -0.05) is 0 Å². The standard InChI is InChI=1S/C7H15O8P/c8-4-1-3(2-15-16(12,13)14)5(9)7(11)6(4)10/h3-11H,1-2H2,(H2,12,13,14)/t3-,4+,5-,6+,7+/m1/s1. The minimum absolute atomic E-state index is 0.112. The summed E-state index contributed by atoms with van der Waals surface area (Å²) >= 11 is 0. The molecule has 1 fully saturated rings. The van der Waals surface area contributed by atoms with Crippen molar-refractivity contribution in [3.05, 3.63) is 0 Å². The van der Waals surface area contributed by atoms with Gasteiger partial charge < -0.3 is 30.2 Å². The van der Waals surface area contributed by atoms with Crippen LogP contribution in [0, 0.1) is 5.92 Å². The van der Waals surface area contributed by atoms with E-state index in [-0.39, 0.29) is 6.42 Å². The van der Waals surface area contributed by atoms with Crippen molar-refractivity contribution in [2.45, 2.75) is 30.8 Å². The summed E-state index contributed by atoms with van der Waals surface area (Å²) in [6, 6.07) is 0. The zero-order chi connectivity index (χ0) is 12.5. The Morgan fingerprint density at radius 3 is 2.12 bits per heavy atom. The lowest BCUT2D eigenvalue weighted by Crippen LogP contribution is -2.54. The van der Waals surface area contributed by atoms with Crippen LogP contribution in [0.15, 0.2) is 0 Å². The first-order valence-electron chi connectivity index (χ1n) is 4.64. The Morgan fingerprint density at radius 1 is 1.06 bits per heavy atom. The van der Waals surface area contributed by atoms with E-state index in [4.69, 9.17) is 9.79 Å². The second kappa shape index (κ2) is 5.07. The van der Waals surface area contributed by atoms with Gasteiger partial charge in [0.1, 0.15) is 12.2 Å².